The topological polar surface area (TPSA) is 37.3 Å². The second-order valence-corrected chi connectivity index (χ2v) is 8.96. The minimum Gasteiger partial charge on any atom is -0.380 e. The highest BCUT2D eigenvalue weighted by Gasteiger charge is 2.72. The molecule has 0 aromatic rings. The summed E-state index contributed by atoms with van der Waals surface area (Å²) in [5.74, 6) is 0.335. The van der Waals surface area contributed by atoms with E-state index in [0.717, 1.165) is 18.4 Å². The van der Waals surface area contributed by atoms with Crippen molar-refractivity contribution in [2.45, 2.75) is 64.1 Å². The lowest BCUT2D eigenvalue weighted by atomic mass is 9.47. The molecule has 0 amide bonds. The van der Waals surface area contributed by atoms with E-state index in [-0.39, 0.29) is 35.4 Å². The first kappa shape index (κ1) is 17.3. The molecule has 1 N–H and O–H groups in total. The van der Waals surface area contributed by atoms with Gasteiger partial charge in [-0.2, -0.15) is 13.2 Å². The van der Waals surface area contributed by atoms with Crippen molar-refractivity contribution < 1.29 is 23.1 Å². The van der Waals surface area contributed by atoms with Crippen molar-refractivity contribution in [1.29, 1.82) is 0 Å². The molecule has 5 heteroatoms. The van der Waals surface area contributed by atoms with Gasteiger partial charge in [0.1, 0.15) is 0 Å². The van der Waals surface area contributed by atoms with Crippen LogP contribution in [0.25, 0.3) is 0 Å². The van der Waals surface area contributed by atoms with Gasteiger partial charge in [-0.1, -0.05) is 25.5 Å². The smallest absolute Gasteiger partial charge is 0.380 e. The third kappa shape index (κ3) is 2.05. The van der Waals surface area contributed by atoms with Crippen LogP contribution in [0.5, 0.6) is 0 Å². The molecule has 0 spiro atoms. The number of alkyl halides is 3. The first-order chi connectivity index (χ1) is 11.5. The zero-order valence-corrected chi connectivity index (χ0v) is 14.7. The number of allylic oxidation sites excluding steroid dienone is 4. The Morgan fingerprint density at radius 3 is 2.48 bits per heavy atom. The van der Waals surface area contributed by atoms with Gasteiger partial charge >= 0.3 is 6.18 Å². The van der Waals surface area contributed by atoms with Crippen LogP contribution >= 0.6 is 0 Å². The Kier molecular flexibility index (Phi) is 3.46. The minimum absolute atomic E-state index is 0.0129. The Balaban J connectivity index is 1.71. The van der Waals surface area contributed by atoms with E-state index in [9.17, 15) is 23.1 Å². The SMILES string of the molecule is C[C@]12C=CC(=O)C=C1CC[C@@H]1[C@@H]2CC[C@@]2(C)[C@H]1CC[C@@]2(O)C(F)(F)F. The number of hydrogen-bond donors (Lipinski definition) is 1. The van der Waals surface area contributed by atoms with Gasteiger partial charge in [-0.05, 0) is 68.4 Å². The van der Waals surface area contributed by atoms with Crippen LogP contribution in [0.3, 0.4) is 0 Å². The molecule has 4 aliphatic rings. The molecule has 2 nitrogen and oxygen atoms in total. The van der Waals surface area contributed by atoms with Crippen molar-refractivity contribution in [2.24, 2.45) is 28.6 Å². The van der Waals surface area contributed by atoms with E-state index >= 15 is 0 Å². The zero-order chi connectivity index (χ0) is 18.3. The molecule has 0 bridgehead atoms. The number of carbonyl (C=O) groups is 1. The largest absolute Gasteiger partial charge is 0.417 e. The normalized spacial score (nSPS) is 49.3. The number of aliphatic hydroxyl groups is 1. The summed E-state index contributed by atoms with van der Waals surface area (Å²) in [6, 6.07) is 0. The van der Waals surface area contributed by atoms with Gasteiger partial charge in [-0.15, -0.1) is 0 Å². The summed E-state index contributed by atoms with van der Waals surface area (Å²) < 4.78 is 41.0. The van der Waals surface area contributed by atoms with Crippen molar-refractivity contribution >= 4 is 5.78 Å². The molecule has 3 saturated carbocycles. The maximum Gasteiger partial charge on any atom is 0.417 e. The molecule has 0 aromatic heterocycles. The molecular weight excluding hydrogens is 329 g/mol. The molecule has 6 atom stereocenters. The molecule has 25 heavy (non-hydrogen) atoms. The summed E-state index contributed by atoms with van der Waals surface area (Å²) in [7, 11) is 0. The maximum atomic E-state index is 13.7. The predicted molar refractivity (Wildman–Crippen MR) is 87.6 cm³/mol. The fraction of sp³-hybridized carbons (Fsp3) is 0.750. The van der Waals surface area contributed by atoms with Gasteiger partial charge in [0.15, 0.2) is 11.4 Å². The summed E-state index contributed by atoms with van der Waals surface area (Å²) >= 11 is 0. The van der Waals surface area contributed by atoms with Crippen LogP contribution in [0.1, 0.15) is 52.4 Å². The number of rotatable bonds is 0. The van der Waals surface area contributed by atoms with Crippen molar-refractivity contribution in [3.8, 4) is 0 Å². The molecule has 0 aliphatic heterocycles. The van der Waals surface area contributed by atoms with E-state index in [1.165, 1.54) is 0 Å². The highest BCUT2D eigenvalue weighted by Crippen LogP contribution is 2.69. The highest BCUT2D eigenvalue weighted by molar-refractivity contribution is 6.01. The first-order valence-electron chi connectivity index (χ1n) is 9.26. The summed E-state index contributed by atoms with van der Waals surface area (Å²) in [6.07, 6.45) is 3.64. The highest BCUT2D eigenvalue weighted by atomic mass is 19.4. The number of ketones is 1. The molecule has 0 heterocycles. The first-order valence-corrected chi connectivity index (χ1v) is 9.26. The van der Waals surface area contributed by atoms with E-state index in [2.05, 4.69) is 6.92 Å². The lowest BCUT2D eigenvalue weighted by molar-refractivity contribution is -0.302. The Labute approximate surface area is 146 Å². The van der Waals surface area contributed by atoms with E-state index in [1.807, 2.05) is 6.08 Å². The van der Waals surface area contributed by atoms with Gasteiger partial charge in [0, 0.05) is 10.8 Å². The molecule has 0 aromatic carbocycles. The van der Waals surface area contributed by atoms with Crippen molar-refractivity contribution in [3.05, 3.63) is 23.8 Å². The summed E-state index contributed by atoms with van der Waals surface area (Å²) in [5, 5.41) is 10.6. The maximum absolute atomic E-state index is 13.7. The number of fused-ring (bicyclic) bond motifs is 5. The van der Waals surface area contributed by atoms with Crippen LogP contribution in [-0.2, 0) is 4.79 Å². The van der Waals surface area contributed by atoms with Crippen LogP contribution < -0.4 is 0 Å². The summed E-state index contributed by atoms with van der Waals surface area (Å²) in [6.45, 7) is 3.79. The average Bonchev–Trinajstić information content (AvgIpc) is 2.81. The zero-order valence-electron chi connectivity index (χ0n) is 14.7. The Hall–Kier alpha value is -1.10. The van der Waals surface area contributed by atoms with Gasteiger partial charge in [-0.3, -0.25) is 4.79 Å². The Bertz CT molecular complexity index is 679. The molecule has 4 rings (SSSR count). The van der Waals surface area contributed by atoms with Crippen molar-refractivity contribution in [1.82, 2.24) is 0 Å². The Morgan fingerprint density at radius 2 is 1.80 bits per heavy atom. The lowest BCUT2D eigenvalue weighted by Crippen LogP contribution is -2.59. The van der Waals surface area contributed by atoms with E-state index in [0.29, 0.717) is 19.3 Å². The summed E-state index contributed by atoms with van der Waals surface area (Å²) in [4.78, 5) is 11.7. The van der Waals surface area contributed by atoms with Gasteiger partial charge in [0.25, 0.3) is 0 Å². The number of halogens is 3. The van der Waals surface area contributed by atoms with Crippen molar-refractivity contribution in [3.63, 3.8) is 0 Å². The average molecular weight is 354 g/mol. The quantitative estimate of drug-likeness (QED) is 0.691. The van der Waals surface area contributed by atoms with E-state index < -0.39 is 17.2 Å². The fourth-order valence-electron chi connectivity index (χ4n) is 6.68. The Morgan fingerprint density at radius 1 is 1.12 bits per heavy atom. The molecule has 138 valence electrons. The molecule has 0 unspecified atom stereocenters. The van der Waals surface area contributed by atoms with Crippen LogP contribution in [0.4, 0.5) is 13.2 Å². The second-order valence-electron chi connectivity index (χ2n) is 8.96. The number of carbonyl (C=O) groups excluding carboxylic acids is 1. The monoisotopic (exact) mass is 354 g/mol. The van der Waals surface area contributed by atoms with Crippen LogP contribution in [0, 0.1) is 28.6 Å². The van der Waals surface area contributed by atoms with Gasteiger partial charge in [0.05, 0.1) is 0 Å². The molecule has 3 fully saturated rings. The second kappa shape index (κ2) is 4.99. The minimum atomic E-state index is -4.58. The standard InChI is InChI=1S/C20H25F3O2/c1-17-8-5-13(24)11-12(17)3-4-14-15(17)6-9-18(2)16(14)7-10-19(18,25)20(21,22)23/h5,8,11,14-16,25H,3-4,6-7,9-10H2,1-2H3/t14-,15+,16+,17+,18+,19+/m1/s1. The van der Waals surface area contributed by atoms with Gasteiger partial charge in [-0.25, -0.2) is 0 Å². The molecule has 0 saturated heterocycles. The van der Waals surface area contributed by atoms with E-state index in [4.69, 9.17) is 0 Å². The number of hydrogen-bond acceptors (Lipinski definition) is 2. The van der Waals surface area contributed by atoms with E-state index in [1.54, 1.807) is 19.1 Å². The van der Waals surface area contributed by atoms with Gasteiger partial charge < -0.3 is 5.11 Å². The molecule has 0 radical (unpaired) electrons. The fourth-order valence-corrected chi connectivity index (χ4v) is 6.68. The van der Waals surface area contributed by atoms with Crippen molar-refractivity contribution in [2.75, 3.05) is 0 Å². The predicted octanol–water partition coefficient (Wildman–Crippen LogP) is 4.59. The third-order valence-electron chi connectivity index (χ3n) is 8.18. The van der Waals surface area contributed by atoms with Crippen LogP contribution in [-0.4, -0.2) is 22.7 Å². The summed E-state index contributed by atoms with van der Waals surface area (Å²) in [5.41, 5.74) is -2.76. The van der Waals surface area contributed by atoms with Gasteiger partial charge in [0.2, 0.25) is 0 Å². The molecular formula is C20H25F3O2. The molecule has 4 aliphatic carbocycles. The van der Waals surface area contributed by atoms with Crippen LogP contribution in [0.2, 0.25) is 0 Å². The lowest BCUT2D eigenvalue weighted by Gasteiger charge is -2.58. The van der Waals surface area contributed by atoms with Crippen LogP contribution in [0.15, 0.2) is 23.8 Å². The third-order valence-corrected chi connectivity index (χ3v) is 8.18.